The standard InChI is InChI=1S/C22H23ClN2O6S2/c23-16-6-8-17(9-7-16)24-20(26)13-32-14-22(28)31-12-21(27)25(18-4-2-1-3-5-18)19-10-11-33(29,30)15-19/h1-9,19H,10-15H2,(H,24,26)/t19-/m0/s1. The Kier molecular flexibility index (Phi) is 8.76. The molecular weight excluding hydrogens is 488 g/mol. The van der Waals surface area contributed by atoms with Gasteiger partial charge < -0.3 is 15.0 Å². The van der Waals surface area contributed by atoms with Gasteiger partial charge in [-0.05, 0) is 42.8 Å². The maximum Gasteiger partial charge on any atom is 0.316 e. The molecule has 1 aliphatic heterocycles. The molecule has 0 bridgehead atoms. The summed E-state index contributed by atoms with van der Waals surface area (Å²) in [7, 11) is -3.21. The summed E-state index contributed by atoms with van der Waals surface area (Å²) in [6.07, 6.45) is 0.329. The molecule has 1 fully saturated rings. The van der Waals surface area contributed by atoms with Crippen molar-refractivity contribution in [3.8, 4) is 0 Å². The zero-order valence-electron chi connectivity index (χ0n) is 17.6. The summed E-state index contributed by atoms with van der Waals surface area (Å²) in [5.41, 5.74) is 1.14. The predicted octanol–water partition coefficient (Wildman–Crippen LogP) is 2.78. The van der Waals surface area contributed by atoms with Crippen LogP contribution in [0.1, 0.15) is 6.42 Å². The van der Waals surface area contributed by atoms with Crippen molar-refractivity contribution in [3.05, 3.63) is 59.6 Å². The van der Waals surface area contributed by atoms with Crippen molar-refractivity contribution < 1.29 is 27.5 Å². The van der Waals surface area contributed by atoms with E-state index >= 15 is 0 Å². The Bertz CT molecular complexity index is 1090. The summed E-state index contributed by atoms with van der Waals surface area (Å²) in [6.45, 7) is -0.512. The van der Waals surface area contributed by atoms with Crippen LogP contribution in [0.4, 0.5) is 11.4 Å². The van der Waals surface area contributed by atoms with Gasteiger partial charge in [0.2, 0.25) is 5.91 Å². The minimum atomic E-state index is -3.21. The summed E-state index contributed by atoms with van der Waals surface area (Å²) >= 11 is 6.86. The monoisotopic (exact) mass is 510 g/mol. The molecule has 2 aromatic carbocycles. The topological polar surface area (TPSA) is 110 Å². The van der Waals surface area contributed by atoms with Gasteiger partial charge in [0.1, 0.15) is 0 Å². The van der Waals surface area contributed by atoms with Crippen LogP contribution >= 0.6 is 23.4 Å². The van der Waals surface area contributed by atoms with E-state index in [1.165, 1.54) is 4.90 Å². The van der Waals surface area contributed by atoms with E-state index in [4.69, 9.17) is 16.3 Å². The van der Waals surface area contributed by atoms with Crippen LogP contribution in [0.15, 0.2) is 54.6 Å². The molecule has 2 aromatic rings. The van der Waals surface area contributed by atoms with Crippen molar-refractivity contribution in [1.29, 1.82) is 0 Å². The Labute approximate surface area is 201 Å². The second-order valence-electron chi connectivity index (χ2n) is 7.36. The lowest BCUT2D eigenvalue weighted by Crippen LogP contribution is -2.43. The van der Waals surface area contributed by atoms with E-state index in [0.29, 0.717) is 22.8 Å². The number of esters is 1. The Morgan fingerprint density at radius 1 is 1.06 bits per heavy atom. The zero-order chi connectivity index (χ0) is 23.8. The number of ether oxygens (including phenoxy) is 1. The first-order valence-corrected chi connectivity index (χ1v) is 13.5. The Morgan fingerprint density at radius 3 is 2.39 bits per heavy atom. The summed E-state index contributed by atoms with van der Waals surface area (Å²) in [4.78, 5) is 38.2. The largest absolute Gasteiger partial charge is 0.455 e. The van der Waals surface area contributed by atoms with Gasteiger partial charge in [0.05, 0.1) is 29.1 Å². The van der Waals surface area contributed by atoms with Gasteiger partial charge in [-0.3, -0.25) is 14.4 Å². The first-order valence-electron chi connectivity index (χ1n) is 10.1. The third kappa shape index (κ3) is 7.76. The number of halogens is 1. The van der Waals surface area contributed by atoms with Crippen molar-refractivity contribution in [1.82, 2.24) is 0 Å². The number of sulfone groups is 1. The van der Waals surface area contributed by atoms with Gasteiger partial charge in [0.15, 0.2) is 16.4 Å². The molecule has 176 valence electrons. The van der Waals surface area contributed by atoms with Crippen LogP contribution in [0, 0.1) is 0 Å². The van der Waals surface area contributed by atoms with E-state index in [9.17, 15) is 22.8 Å². The third-order valence-electron chi connectivity index (χ3n) is 4.81. The number of nitrogens with zero attached hydrogens (tertiary/aromatic N) is 1. The average molecular weight is 511 g/mol. The highest BCUT2D eigenvalue weighted by Crippen LogP contribution is 2.24. The Morgan fingerprint density at radius 2 is 1.76 bits per heavy atom. The molecule has 1 saturated heterocycles. The highest BCUT2D eigenvalue weighted by atomic mass is 35.5. The predicted molar refractivity (Wildman–Crippen MR) is 129 cm³/mol. The van der Waals surface area contributed by atoms with Crippen LogP contribution in [0.3, 0.4) is 0 Å². The van der Waals surface area contributed by atoms with E-state index in [1.54, 1.807) is 54.6 Å². The van der Waals surface area contributed by atoms with Crippen molar-refractivity contribution in [2.24, 2.45) is 0 Å². The molecule has 8 nitrogen and oxygen atoms in total. The highest BCUT2D eigenvalue weighted by molar-refractivity contribution is 8.00. The first-order chi connectivity index (χ1) is 15.7. The van der Waals surface area contributed by atoms with Crippen LogP contribution in [0.2, 0.25) is 5.02 Å². The maximum atomic E-state index is 12.8. The molecule has 0 saturated carbocycles. The van der Waals surface area contributed by atoms with Crippen molar-refractivity contribution in [3.63, 3.8) is 0 Å². The van der Waals surface area contributed by atoms with Gasteiger partial charge in [-0.25, -0.2) is 8.42 Å². The summed E-state index contributed by atoms with van der Waals surface area (Å²) in [6, 6.07) is 14.8. The van der Waals surface area contributed by atoms with Crippen LogP contribution in [-0.4, -0.2) is 61.9 Å². The lowest BCUT2D eigenvalue weighted by atomic mass is 10.2. The number of carbonyl (C=O) groups is 3. The lowest BCUT2D eigenvalue weighted by molar-refractivity contribution is -0.145. The molecule has 0 spiro atoms. The first kappa shape index (κ1) is 25.1. The number of carbonyl (C=O) groups excluding carboxylic acids is 3. The quantitative estimate of drug-likeness (QED) is 0.516. The fourth-order valence-corrected chi connectivity index (χ4v) is 5.77. The maximum absolute atomic E-state index is 12.8. The Hall–Kier alpha value is -2.56. The molecular formula is C22H23ClN2O6S2. The van der Waals surface area contributed by atoms with Gasteiger partial charge in [-0.1, -0.05) is 29.8 Å². The lowest BCUT2D eigenvalue weighted by Gasteiger charge is -2.28. The van der Waals surface area contributed by atoms with E-state index in [2.05, 4.69) is 5.32 Å². The number of benzene rings is 2. The smallest absolute Gasteiger partial charge is 0.316 e. The van der Waals surface area contributed by atoms with Crippen LogP contribution in [0.5, 0.6) is 0 Å². The number of thioether (sulfide) groups is 1. The summed E-state index contributed by atoms with van der Waals surface area (Å²) in [5, 5.41) is 3.24. The molecule has 33 heavy (non-hydrogen) atoms. The molecule has 1 atom stereocenters. The molecule has 1 N–H and O–H groups in total. The fourth-order valence-electron chi connectivity index (χ4n) is 3.34. The van der Waals surface area contributed by atoms with Crippen molar-refractivity contribution >= 4 is 62.4 Å². The van der Waals surface area contributed by atoms with Crippen LogP contribution in [0.25, 0.3) is 0 Å². The van der Waals surface area contributed by atoms with E-state index in [-0.39, 0.29) is 28.9 Å². The minimum absolute atomic E-state index is 0.0167. The average Bonchev–Trinajstić information content (AvgIpc) is 3.14. The number of rotatable bonds is 9. The Balaban J connectivity index is 1.47. The summed E-state index contributed by atoms with van der Waals surface area (Å²) in [5.74, 6) is -1.61. The van der Waals surface area contributed by atoms with Crippen LogP contribution in [-0.2, 0) is 29.0 Å². The minimum Gasteiger partial charge on any atom is -0.455 e. The van der Waals surface area contributed by atoms with Gasteiger partial charge in [0.25, 0.3) is 5.91 Å². The van der Waals surface area contributed by atoms with Crippen molar-refractivity contribution in [2.75, 3.05) is 39.8 Å². The normalized spacial score (nSPS) is 16.7. The number of para-hydroxylation sites is 1. The molecule has 1 heterocycles. The third-order valence-corrected chi connectivity index (χ3v) is 7.72. The molecule has 0 unspecified atom stereocenters. The van der Waals surface area contributed by atoms with E-state index in [0.717, 1.165) is 11.8 Å². The van der Waals surface area contributed by atoms with E-state index < -0.39 is 34.4 Å². The molecule has 0 aliphatic carbocycles. The SMILES string of the molecule is O=C(CSCC(=O)OCC(=O)N(c1ccccc1)[C@H]1CCS(=O)(=O)C1)Nc1ccc(Cl)cc1. The van der Waals surface area contributed by atoms with Gasteiger partial charge in [0, 0.05) is 16.4 Å². The molecule has 0 aromatic heterocycles. The number of hydrogen-bond donors (Lipinski definition) is 1. The molecule has 2 amide bonds. The number of anilines is 2. The number of hydrogen-bond acceptors (Lipinski definition) is 7. The molecule has 3 rings (SSSR count). The summed E-state index contributed by atoms with van der Waals surface area (Å²) < 4.78 is 28.9. The molecule has 0 radical (unpaired) electrons. The number of amides is 2. The number of nitrogens with one attached hydrogen (secondary N) is 1. The molecule has 1 aliphatic rings. The van der Waals surface area contributed by atoms with Gasteiger partial charge >= 0.3 is 5.97 Å². The van der Waals surface area contributed by atoms with E-state index in [1.807, 2.05) is 0 Å². The highest BCUT2D eigenvalue weighted by Gasteiger charge is 2.35. The second kappa shape index (κ2) is 11.5. The molecule has 11 heteroatoms. The van der Waals surface area contributed by atoms with Gasteiger partial charge in [-0.15, -0.1) is 11.8 Å². The van der Waals surface area contributed by atoms with Gasteiger partial charge in [-0.2, -0.15) is 0 Å². The fraction of sp³-hybridized carbons (Fsp3) is 0.318. The second-order valence-corrected chi connectivity index (χ2v) is 11.0. The van der Waals surface area contributed by atoms with Crippen LogP contribution < -0.4 is 10.2 Å². The van der Waals surface area contributed by atoms with Crippen molar-refractivity contribution in [2.45, 2.75) is 12.5 Å². The zero-order valence-corrected chi connectivity index (χ0v) is 20.0.